The van der Waals surface area contributed by atoms with E-state index >= 15 is 4.39 Å². The molecule has 2 amide bonds. The number of rotatable bonds is 2. The second kappa shape index (κ2) is 9.32. The fourth-order valence-electron chi connectivity index (χ4n) is 7.39. The van der Waals surface area contributed by atoms with Crippen LogP contribution in [0.1, 0.15) is 24.8 Å². The lowest BCUT2D eigenvalue weighted by Crippen LogP contribution is -2.45. The molecule has 0 atom stereocenters. The number of carbonyl (C=O) groups excluding carboxylic acids is 1. The number of aromatic nitrogens is 5. The van der Waals surface area contributed by atoms with Gasteiger partial charge in [-0.25, -0.2) is 14.2 Å². The molecular formula is C31H33FN8O2. The molecule has 0 bridgehead atoms. The molecule has 3 aliphatic rings. The van der Waals surface area contributed by atoms with E-state index in [1.807, 2.05) is 44.8 Å². The standard InChI is InChI=1S/C31H33FN8O2/c1-36-9-5-31(6-10-36)7-11-39(19-31)30(42)38-13-12-37-18-23(22-15-21(32)14-20(17-38)28(22)37)26-27(34-35-29(26)41)24-16-33-25-4-2-3-8-40(24)25/h2-4,8,14-16,18H,5-7,9-13,17,19H2,1H3,(H2,34,35,41). The fourth-order valence-corrected chi connectivity index (χ4v) is 7.39. The topological polar surface area (TPSA) is 97.7 Å². The van der Waals surface area contributed by atoms with Crippen LogP contribution in [0, 0.1) is 11.2 Å². The van der Waals surface area contributed by atoms with Gasteiger partial charge in [0, 0.05) is 56.1 Å². The third-order valence-electron chi connectivity index (χ3n) is 9.74. The molecular weight excluding hydrogens is 535 g/mol. The first-order valence-electron chi connectivity index (χ1n) is 14.7. The van der Waals surface area contributed by atoms with Gasteiger partial charge in [0.15, 0.2) is 0 Å². The molecule has 5 aromatic rings. The van der Waals surface area contributed by atoms with Crippen LogP contribution < -0.4 is 5.56 Å². The first-order chi connectivity index (χ1) is 20.4. The van der Waals surface area contributed by atoms with Crippen molar-refractivity contribution in [2.75, 3.05) is 39.8 Å². The van der Waals surface area contributed by atoms with Crippen LogP contribution in [-0.2, 0) is 13.1 Å². The summed E-state index contributed by atoms with van der Waals surface area (Å²) in [4.78, 5) is 37.7. The van der Waals surface area contributed by atoms with Crippen LogP contribution in [-0.4, -0.2) is 84.7 Å². The quantitative estimate of drug-likeness (QED) is 0.335. The predicted molar refractivity (Wildman–Crippen MR) is 158 cm³/mol. The SMILES string of the molecule is CN1CCC2(CC1)CCN(C(=O)N1CCn3cc(-c4c(-c5cnc6ccccn56)[nH][nH]c4=O)c4cc(F)cc(c43)C1)C2. The molecule has 1 aromatic carbocycles. The Morgan fingerprint density at radius 1 is 1.02 bits per heavy atom. The lowest BCUT2D eigenvalue weighted by Gasteiger charge is -2.38. The van der Waals surface area contributed by atoms with Crippen molar-refractivity contribution in [3.63, 3.8) is 0 Å². The number of benzene rings is 1. The average Bonchev–Trinajstić information content (AvgIpc) is 3.74. The number of urea groups is 1. The number of nitrogens with one attached hydrogen (secondary N) is 2. The molecule has 1 spiro atoms. The minimum atomic E-state index is -0.388. The first-order valence-corrected chi connectivity index (χ1v) is 14.7. The maximum absolute atomic E-state index is 15.2. The van der Waals surface area contributed by atoms with E-state index in [0.29, 0.717) is 41.8 Å². The second-order valence-corrected chi connectivity index (χ2v) is 12.3. The van der Waals surface area contributed by atoms with Crippen molar-refractivity contribution in [2.45, 2.75) is 32.4 Å². The number of nitrogens with zero attached hydrogens (tertiary/aromatic N) is 6. The first kappa shape index (κ1) is 25.3. The van der Waals surface area contributed by atoms with E-state index in [-0.39, 0.29) is 22.8 Å². The number of halogens is 1. The number of H-pyrrole nitrogens is 2. The molecule has 0 unspecified atom stereocenters. The van der Waals surface area contributed by atoms with E-state index in [9.17, 15) is 9.59 Å². The number of imidazole rings is 1. The van der Waals surface area contributed by atoms with Crippen molar-refractivity contribution in [3.8, 4) is 22.5 Å². The number of hydrogen-bond donors (Lipinski definition) is 2. The number of fused-ring (bicyclic) bond motifs is 1. The summed E-state index contributed by atoms with van der Waals surface area (Å²) in [5, 5.41) is 6.42. The summed E-state index contributed by atoms with van der Waals surface area (Å²) in [5.74, 6) is -0.388. The fraction of sp³-hybridized carbons (Fsp3) is 0.387. The van der Waals surface area contributed by atoms with Crippen molar-refractivity contribution >= 4 is 22.6 Å². The molecule has 216 valence electrons. The van der Waals surface area contributed by atoms with Gasteiger partial charge in [0.2, 0.25) is 0 Å². The number of piperidine rings is 1. The molecule has 0 radical (unpaired) electrons. The van der Waals surface area contributed by atoms with Crippen molar-refractivity contribution in [1.82, 2.24) is 38.8 Å². The molecule has 0 aliphatic carbocycles. The van der Waals surface area contributed by atoms with E-state index in [0.717, 1.165) is 67.9 Å². The Labute approximate surface area is 241 Å². The Morgan fingerprint density at radius 2 is 1.86 bits per heavy atom. The Morgan fingerprint density at radius 3 is 2.71 bits per heavy atom. The normalized spacial score (nSPS) is 18.9. The molecule has 0 saturated carbocycles. The van der Waals surface area contributed by atoms with Crippen molar-refractivity contribution in [3.05, 3.63) is 70.7 Å². The second-order valence-electron chi connectivity index (χ2n) is 12.3. The molecule has 8 rings (SSSR count). The zero-order chi connectivity index (χ0) is 28.6. The minimum Gasteiger partial charge on any atom is -0.345 e. The number of likely N-dealkylation sites (tertiary alicyclic amines) is 2. The van der Waals surface area contributed by atoms with Gasteiger partial charge >= 0.3 is 6.03 Å². The van der Waals surface area contributed by atoms with Gasteiger partial charge in [0.1, 0.15) is 11.5 Å². The highest BCUT2D eigenvalue weighted by molar-refractivity contribution is 6.00. The summed E-state index contributed by atoms with van der Waals surface area (Å²) in [7, 11) is 2.16. The highest BCUT2D eigenvalue weighted by Crippen LogP contribution is 2.41. The summed E-state index contributed by atoms with van der Waals surface area (Å²) in [6.45, 7) is 5.11. The van der Waals surface area contributed by atoms with Gasteiger partial charge in [0.05, 0.1) is 28.7 Å². The average molecular weight is 569 g/mol. The number of hydrogen-bond acceptors (Lipinski definition) is 4. The summed E-state index contributed by atoms with van der Waals surface area (Å²) in [6, 6.07) is 8.78. The molecule has 10 nitrogen and oxygen atoms in total. The van der Waals surface area contributed by atoms with Gasteiger partial charge in [-0.05, 0) is 74.6 Å². The zero-order valence-corrected chi connectivity index (χ0v) is 23.6. The lowest BCUT2D eigenvalue weighted by molar-refractivity contribution is 0.118. The molecule has 3 aliphatic heterocycles. The van der Waals surface area contributed by atoms with Crippen LogP contribution in [0.25, 0.3) is 39.1 Å². The summed E-state index contributed by atoms with van der Waals surface area (Å²) in [6.07, 6.45) is 8.85. The maximum atomic E-state index is 15.2. The molecule has 2 saturated heterocycles. The summed E-state index contributed by atoms with van der Waals surface area (Å²) >= 11 is 0. The highest BCUT2D eigenvalue weighted by atomic mass is 19.1. The van der Waals surface area contributed by atoms with Gasteiger partial charge < -0.3 is 19.3 Å². The van der Waals surface area contributed by atoms with Crippen molar-refractivity contribution < 1.29 is 9.18 Å². The number of aromatic amines is 2. The van der Waals surface area contributed by atoms with Gasteiger partial charge in [-0.3, -0.25) is 19.4 Å². The van der Waals surface area contributed by atoms with Crippen molar-refractivity contribution in [1.29, 1.82) is 0 Å². The van der Waals surface area contributed by atoms with E-state index < -0.39 is 0 Å². The molecule has 7 heterocycles. The number of amides is 2. The van der Waals surface area contributed by atoms with Gasteiger partial charge in [-0.2, -0.15) is 0 Å². The van der Waals surface area contributed by atoms with E-state index in [1.54, 1.807) is 6.20 Å². The summed E-state index contributed by atoms with van der Waals surface area (Å²) < 4.78 is 19.2. The monoisotopic (exact) mass is 568 g/mol. The zero-order valence-electron chi connectivity index (χ0n) is 23.6. The molecule has 2 N–H and O–H groups in total. The predicted octanol–water partition coefficient (Wildman–Crippen LogP) is 4.13. The van der Waals surface area contributed by atoms with Crippen molar-refractivity contribution in [2.24, 2.45) is 5.41 Å². The van der Waals surface area contributed by atoms with Gasteiger partial charge in [-0.1, -0.05) is 6.07 Å². The Hall–Kier alpha value is -4.38. The van der Waals surface area contributed by atoms with Crippen LogP contribution in [0.5, 0.6) is 0 Å². The van der Waals surface area contributed by atoms with Gasteiger partial charge in [-0.15, -0.1) is 0 Å². The third-order valence-corrected chi connectivity index (χ3v) is 9.74. The van der Waals surface area contributed by atoms with Crippen LogP contribution in [0.4, 0.5) is 9.18 Å². The van der Waals surface area contributed by atoms with Gasteiger partial charge in [0.25, 0.3) is 5.56 Å². The lowest BCUT2D eigenvalue weighted by atomic mass is 9.78. The molecule has 11 heteroatoms. The minimum absolute atomic E-state index is 0.0335. The molecule has 42 heavy (non-hydrogen) atoms. The van der Waals surface area contributed by atoms with Crippen LogP contribution >= 0.6 is 0 Å². The number of carbonyl (C=O) groups is 1. The van der Waals surface area contributed by atoms with Crippen LogP contribution in [0.15, 0.2) is 53.7 Å². The van der Waals surface area contributed by atoms with E-state index in [2.05, 4.69) is 31.7 Å². The maximum Gasteiger partial charge on any atom is 0.320 e. The van der Waals surface area contributed by atoms with Crippen LogP contribution in [0.3, 0.4) is 0 Å². The molecule has 4 aromatic heterocycles. The smallest absolute Gasteiger partial charge is 0.320 e. The van der Waals surface area contributed by atoms with E-state index in [1.165, 1.54) is 12.1 Å². The third kappa shape index (κ3) is 3.90. The van der Waals surface area contributed by atoms with Crippen LogP contribution in [0.2, 0.25) is 0 Å². The Kier molecular flexibility index (Phi) is 5.62. The Bertz CT molecular complexity index is 1910. The Balaban J connectivity index is 1.15. The van der Waals surface area contributed by atoms with E-state index in [4.69, 9.17) is 0 Å². The summed E-state index contributed by atoms with van der Waals surface area (Å²) in [5.41, 5.74) is 4.72. The molecule has 2 fully saturated rings. The highest BCUT2D eigenvalue weighted by Gasteiger charge is 2.42. The number of pyridine rings is 1. The largest absolute Gasteiger partial charge is 0.345 e.